The molecule has 1 aliphatic rings. The normalized spacial score (nSPS) is 19.7. The summed E-state index contributed by atoms with van der Waals surface area (Å²) in [6.45, 7) is 0. The second-order valence-electron chi connectivity index (χ2n) is 4.33. The fourth-order valence-electron chi connectivity index (χ4n) is 2.16. The summed E-state index contributed by atoms with van der Waals surface area (Å²) >= 11 is 5.40. The summed E-state index contributed by atoms with van der Waals surface area (Å²) in [5, 5.41) is 5.53. The Morgan fingerprint density at radius 2 is 2.38 bits per heavy atom. The van der Waals surface area contributed by atoms with Crippen LogP contribution in [0.4, 0.5) is 0 Å². The number of nitrogens with one attached hydrogen (secondary N) is 1. The van der Waals surface area contributed by atoms with Crippen LogP contribution in [0.1, 0.15) is 17.7 Å². The summed E-state index contributed by atoms with van der Waals surface area (Å²) in [7, 11) is 3.86. The SMILES string of the molecule is CNC(Cc1sccc1Br)C(OC)C1CC1. The minimum Gasteiger partial charge on any atom is -0.380 e. The van der Waals surface area contributed by atoms with E-state index in [-0.39, 0.29) is 0 Å². The number of methoxy groups -OCH3 is 1. The first-order chi connectivity index (χ1) is 7.76. The quantitative estimate of drug-likeness (QED) is 0.872. The molecule has 2 rings (SSSR count). The molecule has 0 amide bonds. The summed E-state index contributed by atoms with van der Waals surface area (Å²) < 4.78 is 6.87. The summed E-state index contributed by atoms with van der Waals surface area (Å²) in [5.41, 5.74) is 0. The molecule has 1 N–H and O–H groups in total. The zero-order valence-corrected chi connectivity index (χ0v) is 12.1. The van der Waals surface area contributed by atoms with Crippen molar-refractivity contribution in [1.82, 2.24) is 5.32 Å². The number of halogens is 1. The minimum atomic E-state index is 0.360. The minimum absolute atomic E-state index is 0.360. The molecule has 1 saturated carbocycles. The number of hydrogen-bond acceptors (Lipinski definition) is 3. The first-order valence-corrected chi connectivity index (χ1v) is 7.35. The molecule has 2 nitrogen and oxygen atoms in total. The van der Waals surface area contributed by atoms with Crippen LogP contribution in [0.15, 0.2) is 15.9 Å². The molecule has 0 spiro atoms. The number of likely N-dealkylation sites (N-methyl/N-ethyl adjacent to an activating group) is 1. The van der Waals surface area contributed by atoms with Crippen molar-refractivity contribution in [3.8, 4) is 0 Å². The van der Waals surface area contributed by atoms with Gasteiger partial charge in [0.2, 0.25) is 0 Å². The van der Waals surface area contributed by atoms with Crippen molar-refractivity contribution >= 4 is 27.3 Å². The van der Waals surface area contributed by atoms with Crippen LogP contribution in [-0.2, 0) is 11.2 Å². The molecule has 1 aromatic rings. The molecule has 4 heteroatoms. The lowest BCUT2D eigenvalue weighted by atomic mass is 10.0. The lowest BCUT2D eigenvalue weighted by Gasteiger charge is -2.25. The fraction of sp³-hybridized carbons (Fsp3) is 0.667. The maximum Gasteiger partial charge on any atom is 0.0755 e. The van der Waals surface area contributed by atoms with Gasteiger partial charge in [0.05, 0.1) is 6.10 Å². The predicted molar refractivity (Wildman–Crippen MR) is 72.1 cm³/mol. The highest BCUT2D eigenvalue weighted by molar-refractivity contribution is 9.10. The third kappa shape index (κ3) is 2.86. The Morgan fingerprint density at radius 3 is 2.81 bits per heavy atom. The van der Waals surface area contributed by atoms with E-state index < -0.39 is 0 Å². The highest BCUT2D eigenvalue weighted by Crippen LogP contribution is 2.37. The van der Waals surface area contributed by atoms with Gasteiger partial charge in [-0.3, -0.25) is 0 Å². The number of hydrogen-bond donors (Lipinski definition) is 1. The monoisotopic (exact) mass is 303 g/mol. The van der Waals surface area contributed by atoms with E-state index in [1.807, 2.05) is 25.5 Å². The van der Waals surface area contributed by atoms with Crippen LogP contribution >= 0.6 is 27.3 Å². The van der Waals surface area contributed by atoms with E-state index in [1.165, 1.54) is 22.2 Å². The lowest BCUT2D eigenvalue weighted by Crippen LogP contribution is -2.41. The zero-order valence-electron chi connectivity index (χ0n) is 9.70. The van der Waals surface area contributed by atoms with E-state index in [4.69, 9.17) is 4.74 Å². The second-order valence-corrected chi connectivity index (χ2v) is 6.18. The van der Waals surface area contributed by atoms with Crippen molar-refractivity contribution in [3.63, 3.8) is 0 Å². The van der Waals surface area contributed by atoms with Crippen LogP contribution in [0.2, 0.25) is 0 Å². The van der Waals surface area contributed by atoms with E-state index in [9.17, 15) is 0 Å². The van der Waals surface area contributed by atoms with Gasteiger partial charge in [-0.25, -0.2) is 0 Å². The zero-order chi connectivity index (χ0) is 11.5. The van der Waals surface area contributed by atoms with E-state index in [0.29, 0.717) is 12.1 Å². The van der Waals surface area contributed by atoms with E-state index in [2.05, 4.69) is 32.7 Å². The van der Waals surface area contributed by atoms with Crippen molar-refractivity contribution in [3.05, 3.63) is 20.8 Å². The van der Waals surface area contributed by atoms with Gasteiger partial charge in [0, 0.05) is 28.9 Å². The first-order valence-electron chi connectivity index (χ1n) is 5.68. The maximum absolute atomic E-state index is 5.64. The summed E-state index contributed by atoms with van der Waals surface area (Å²) in [5.74, 6) is 0.765. The first kappa shape index (κ1) is 12.6. The molecule has 1 fully saturated rings. The molecule has 0 bridgehead atoms. The van der Waals surface area contributed by atoms with E-state index >= 15 is 0 Å². The highest BCUT2D eigenvalue weighted by Gasteiger charge is 2.36. The van der Waals surface area contributed by atoms with Gasteiger partial charge >= 0.3 is 0 Å². The number of rotatable bonds is 6. The fourth-order valence-corrected chi connectivity index (χ4v) is 3.74. The molecule has 0 radical (unpaired) electrons. The molecule has 0 saturated heterocycles. The third-order valence-electron chi connectivity index (χ3n) is 3.22. The van der Waals surface area contributed by atoms with Gasteiger partial charge in [-0.2, -0.15) is 0 Å². The molecule has 16 heavy (non-hydrogen) atoms. The Kier molecular flexibility index (Phi) is 4.41. The molecule has 1 aliphatic carbocycles. The van der Waals surface area contributed by atoms with Crippen molar-refractivity contribution in [1.29, 1.82) is 0 Å². The topological polar surface area (TPSA) is 21.3 Å². The van der Waals surface area contributed by atoms with Gasteiger partial charge in [0.1, 0.15) is 0 Å². The second kappa shape index (κ2) is 5.63. The molecule has 1 heterocycles. The van der Waals surface area contributed by atoms with Crippen LogP contribution in [-0.4, -0.2) is 26.3 Å². The Balaban J connectivity index is 2.01. The largest absolute Gasteiger partial charge is 0.380 e. The van der Waals surface area contributed by atoms with Gasteiger partial charge in [-0.1, -0.05) is 0 Å². The van der Waals surface area contributed by atoms with E-state index in [1.54, 1.807) is 0 Å². The average molecular weight is 304 g/mol. The molecule has 0 aliphatic heterocycles. The predicted octanol–water partition coefficient (Wildman–Crippen LogP) is 3.07. The molecule has 2 unspecified atom stereocenters. The van der Waals surface area contributed by atoms with Gasteiger partial charge in [0.15, 0.2) is 0 Å². The summed E-state index contributed by atoms with van der Waals surface area (Å²) in [6.07, 6.45) is 4.05. The molecule has 2 atom stereocenters. The highest BCUT2D eigenvalue weighted by atomic mass is 79.9. The molecular weight excluding hydrogens is 286 g/mol. The van der Waals surface area contributed by atoms with E-state index in [0.717, 1.165) is 12.3 Å². The Labute approximate surface area is 110 Å². The molecule has 1 aromatic heterocycles. The van der Waals surface area contributed by atoms with Gasteiger partial charge in [-0.15, -0.1) is 11.3 Å². The summed E-state index contributed by atoms with van der Waals surface area (Å²) in [6, 6.07) is 2.54. The third-order valence-corrected chi connectivity index (χ3v) is 5.17. The van der Waals surface area contributed by atoms with Crippen molar-refractivity contribution in [2.24, 2.45) is 5.92 Å². The van der Waals surface area contributed by atoms with Crippen LogP contribution in [0.3, 0.4) is 0 Å². The van der Waals surface area contributed by atoms with Crippen LogP contribution in [0, 0.1) is 5.92 Å². The number of ether oxygens (including phenoxy) is 1. The molecule has 0 aromatic carbocycles. The standard InChI is InChI=1S/C12H18BrNOS/c1-14-10(12(15-2)8-3-4-8)7-11-9(13)5-6-16-11/h5-6,8,10,12,14H,3-4,7H2,1-2H3. The van der Waals surface area contributed by atoms with Gasteiger partial charge in [-0.05, 0) is 53.2 Å². The molecule has 90 valence electrons. The van der Waals surface area contributed by atoms with Crippen LogP contribution in [0.25, 0.3) is 0 Å². The maximum atomic E-state index is 5.64. The number of thiophene rings is 1. The van der Waals surface area contributed by atoms with Crippen LogP contribution in [0.5, 0.6) is 0 Å². The Bertz CT molecular complexity index is 338. The van der Waals surface area contributed by atoms with Gasteiger partial charge in [0.25, 0.3) is 0 Å². The smallest absolute Gasteiger partial charge is 0.0755 e. The summed E-state index contributed by atoms with van der Waals surface area (Å²) in [4.78, 5) is 1.40. The van der Waals surface area contributed by atoms with Gasteiger partial charge < -0.3 is 10.1 Å². The van der Waals surface area contributed by atoms with Crippen molar-refractivity contribution in [2.45, 2.75) is 31.4 Å². The average Bonchev–Trinajstić information content (AvgIpc) is 3.04. The Morgan fingerprint density at radius 1 is 1.62 bits per heavy atom. The lowest BCUT2D eigenvalue weighted by molar-refractivity contribution is 0.0536. The van der Waals surface area contributed by atoms with Crippen molar-refractivity contribution < 1.29 is 4.74 Å². The van der Waals surface area contributed by atoms with Crippen molar-refractivity contribution in [2.75, 3.05) is 14.2 Å². The van der Waals surface area contributed by atoms with Crippen LogP contribution < -0.4 is 5.32 Å². The molecular formula is C12H18BrNOS. The Hall–Kier alpha value is 0.1000.